The van der Waals surface area contributed by atoms with Gasteiger partial charge in [0.05, 0.1) is 29.1 Å². The van der Waals surface area contributed by atoms with Gasteiger partial charge in [0, 0.05) is 31.4 Å². The molecule has 3 N–H and O–H groups in total. The average molecular weight is 498 g/mol. The highest BCUT2D eigenvalue weighted by Crippen LogP contribution is 2.29. The minimum atomic E-state index is -4.17. The number of nitro groups is 1. The Bertz CT molecular complexity index is 1340. The highest BCUT2D eigenvalue weighted by atomic mass is 32.2. The molecule has 35 heavy (non-hydrogen) atoms. The van der Waals surface area contributed by atoms with Crippen molar-refractivity contribution in [2.45, 2.75) is 18.7 Å². The van der Waals surface area contributed by atoms with Crippen LogP contribution in [0.1, 0.15) is 16.7 Å². The van der Waals surface area contributed by atoms with Gasteiger partial charge in [-0.2, -0.15) is 5.10 Å². The number of hydrogen-bond donors (Lipinski definition) is 3. The lowest BCUT2D eigenvalue weighted by Gasteiger charge is -2.17. The maximum absolute atomic E-state index is 13.2. The van der Waals surface area contributed by atoms with Crippen molar-refractivity contribution < 1.29 is 18.4 Å². The molecule has 0 amide bonds. The second-order valence-electron chi connectivity index (χ2n) is 7.97. The lowest BCUT2D eigenvalue weighted by Crippen LogP contribution is -2.20. The van der Waals surface area contributed by atoms with E-state index in [1.165, 1.54) is 18.3 Å². The number of aliphatic hydroxyl groups is 1. The topological polar surface area (TPSA) is 137 Å². The molecule has 0 fully saturated rings. The highest BCUT2D eigenvalue weighted by molar-refractivity contribution is 7.92. The minimum absolute atomic E-state index is 0.0441. The molecular weight excluding hydrogens is 470 g/mol. The first-order valence-electron chi connectivity index (χ1n) is 10.7. The number of likely N-dealkylation sites (N-methyl/N-ethyl adjacent to an activating group) is 1. The Morgan fingerprint density at radius 3 is 2.37 bits per heavy atom. The first kappa shape index (κ1) is 25.7. The maximum Gasteiger partial charge on any atom is 0.270 e. The smallest absolute Gasteiger partial charge is 0.270 e. The van der Waals surface area contributed by atoms with Crippen molar-refractivity contribution in [3.63, 3.8) is 0 Å². The third kappa shape index (κ3) is 6.55. The third-order valence-corrected chi connectivity index (χ3v) is 6.67. The number of anilines is 3. The third-order valence-electron chi connectivity index (χ3n) is 5.26. The van der Waals surface area contributed by atoms with Gasteiger partial charge in [0.2, 0.25) is 0 Å². The number of nitrogens with zero attached hydrogens (tertiary/aromatic N) is 3. The van der Waals surface area contributed by atoms with Gasteiger partial charge in [-0.1, -0.05) is 29.8 Å². The molecule has 11 heteroatoms. The van der Waals surface area contributed by atoms with Gasteiger partial charge in [0.25, 0.3) is 15.7 Å². The molecule has 3 aromatic rings. The summed E-state index contributed by atoms with van der Waals surface area (Å²) < 4.78 is 28.9. The van der Waals surface area contributed by atoms with Gasteiger partial charge in [0.15, 0.2) is 0 Å². The molecule has 0 heterocycles. The Hall–Kier alpha value is -3.96. The molecule has 0 bridgehead atoms. The van der Waals surface area contributed by atoms with Crippen LogP contribution in [0.2, 0.25) is 0 Å². The molecule has 10 nitrogen and oxygen atoms in total. The van der Waals surface area contributed by atoms with Crippen LogP contribution in [0.15, 0.2) is 70.7 Å². The molecular formula is C24H27N5O5S. The fourth-order valence-corrected chi connectivity index (χ4v) is 4.65. The molecule has 0 aliphatic carbocycles. The van der Waals surface area contributed by atoms with E-state index in [2.05, 4.69) is 15.2 Å². The van der Waals surface area contributed by atoms with E-state index in [9.17, 15) is 18.5 Å². The fraction of sp³-hybridized carbons (Fsp3) is 0.208. The summed E-state index contributed by atoms with van der Waals surface area (Å²) in [5.41, 5.74) is 6.16. The van der Waals surface area contributed by atoms with Crippen LogP contribution in [0.5, 0.6) is 0 Å². The molecule has 0 aliphatic rings. The summed E-state index contributed by atoms with van der Waals surface area (Å²) in [6.45, 7) is 4.21. The molecule has 0 aromatic heterocycles. The molecule has 0 aliphatic heterocycles. The van der Waals surface area contributed by atoms with E-state index in [1.807, 2.05) is 49.2 Å². The van der Waals surface area contributed by atoms with Gasteiger partial charge in [0.1, 0.15) is 4.90 Å². The number of nitrogens with one attached hydrogen (secondary N) is 2. The molecule has 3 aromatic carbocycles. The zero-order valence-electron chi connectivity index (χ0n) is 19.6. The van der Waals surface area contributed by atoms with Crippen LogP contribution in [-0.4, -0.2) is 44.9 Å². The van der Waals surface area contributed by atoms with E-state index in [0.29, 0.717) is 12.2 Å². The summed E-state index contributed by atoms with van der Waals surface area (Å²) in [6.07, 6.45) is 1.51. The number of benzene rings is 3. The summed E-state index contributed by atoms with van der Waals surface area (Å²) in [6, 6.07) is 16.1. The maximum atomic E-state index is 13.2. The van der Waals surface area contributed by atoms with E-state index in [-0.39, 0.29) is 22.9 Å². The van der Waals surface area contributed by atoms with Crippen LogP contribution in [0.25, 0.3) is 0 Å². The number of aryl methyl sites for hydroxylation is 2. The standard InChI is InChI=1S/C24H27N5O5S/c1-17-4-10-22(18(2)14-17)27-35(33,34)24-15-21(29(31)32)9-11-23(24)26-25-16-19-5-7-20(8-6-19)28(3)12-13-30/h4-11,14-16,26-27,30H,12-13H2,1-3H3. The summed E-state index contributed by atoms with van der Waals surface area (Å²) >= 11 is 0. The SMILES string of the molecule is Cc1ccc(NS(=O)(=O)c2cc([N+](=O)[O-])ccc2NN=Cc2ccc(N(C)CCO)cc2)c(C)c1. The lowest BCUT2D eigenvalue weighted by molar-refractivity contribution is -0.385. The lowest BCUT2D eigenvalue weighted by atomic mass is 10.1. The Labute approximate surface area is 204 Å². The van der Waals surface area contributed by atoms with E-state index >= 15 is 0 Å². The number of non-ortho nitro benzene ring substituents is 1. The quantitative estimate of drug-likeness (QED) is 0.219. The van der Waals surface area contributed by atoms with E-state index in [0.717, 1.165) is 28.4 Å². The Morgan fingerprint density at radius 2 is 1.74 bits per heavy atom. The van der Waals surface area contributed by atoms with Gasteiger partial charge >= 0.3 is 0 Å². The average Bonchev–Trinajstić information content (AvgIpc) is 2.81. The Morgan fingerprint density at radius 1 is 1.06 bits per heavy atom. The number of sulfonamides is 1. The van der Waals surface area contributed by atoms with Crippen LogP contribution in [0, 0.1) is 24.0 Å². The van der Waals surface area contributed by atoms with Gasteiger partial charge < -0.3 is 10.0 Å². The number of aliphatic hydroxyl groups excluding tert-OH is 1. The summed E-state index contributed by atoms with van der Waals surface area (Å²) in [7, 11) is -2.30. The summed E-state index contributed by atoms with van der Waals surface area (Å²) in [5, 5.41) is 24.5. The van der Waals surface area contributed by atoms with Crippen LogP contribution >= 0.6 is 0 Å². The largest absolute Gasteiger partial charge is 0.395 e. The normalized spacial score (nSPS) is 11.4. The Kier molecular flexibility index (Phi) is 8.05. The number of hydrogen-bond acceptors (Lipinski definition) is 8. The van der Waals surface area contributed by atoms with Crippen LogP contribution in [0.4, 0.5) is 22.7 Å². The highest BCUT2D eigenvalue weighted by Gasteiger charge is 2.23. The van der Waals surface area contributed by atoms with Crippen LogP contribution in [0.3, 0.4) is 0 Å². The first-order valence-corrected chi connectivity index (χ1v) is 12.2. The van der Waals surface area contributed by atoms with E-state index < -0.39 is 14.9 Å². The summed E-state index contributed by atoms with van der Waals surface area (Å²) in [4.78, 5) is 12.2. The number of nitro benzene ring substituents is 1. The second-order valence-corrected chi connectivity index (χ2v) is 9.62. The van der Waals surface area contributed by atoms with Gasteiger partial charge in [-0.05, 0) is 49.2 Å². The minimum Gasteiger partial charge on any atom is -0.395 e. The zero-order chi connectivity index (χ0) is 25.6. The monoisotopic (exact) mass is 497 g/mol. The van der Waals surface area contributed by atoms with E-state index in [4.69, 9.17) is 5.11 Å². The van der Waals surface area contributed by atoms with Gasteiger partial charge in [-0.3, -0.25) is 20.3 Å². The van der Waals surface area contributed by atoms with Crippen molar-refractivity contribution in [1.29, 1.82) is 0 Å². The van der Waals surface area contributed by atoms with Crippen molar-refractivity contribution in [2.24, 2.45) is 5.10 Å². The number of rotatable bonds is 10. The van der Waals surface area contributed by atoms with Crippen molar-refractivity contribution >= 4 is 39.0 Å². The predicted octanol–water partition coefficient (Wildman–Crippen LogP) is 3.89. The molecule has 184 valence electrons. The molecule has 0 atom stereocenters. The molecule has 0 spiro atoms. The van der Waals surface area contributed by atoms with Crippen LogP contribution in [-0.2, 0) is 10.0 Å². The second kappa shape index (κ2) is 11.0. The molecule has 3 rings (SSSR count). The molecule has 0 saturated carbocycles. The summed E-state index contributed by atoms with van der Waals surface area (Å²) in [5.74, 6) is 0. The number of hydrazone groups is 1. The van der Waals surface area contributed by atoms with Crippen molar-refractivity contribution in [3.05, 3.63) is 87.5 Å². The van der Waals surface area contributed by atoms with Crippen molar-refractivity contribution in [1.82, 2.24) is 0 Å². The molecule has 0 radical (unpaired) electrons. The fourth-order valence-electron chi connectivity index (χ4n) is 3.34. The molecule has 0 saturated heterocycles. The molecule has 0 unspecified atom stereocenters. The van der Waals surface area contributed by atoms with Crippen LogP contribution < -0.4 is 15.0 Å². The van der Waals surface area contributed by atoms with Crippen molar-refractivity contribution in [2.75, 3.05) is 35.2 Å². The first-order chi connectivity index (χ1) is 16.6. The van der Waals surface area contributed by atoms with Crippen molar-refractivity contribution in [3.8, 4) is 0 Å². The van der Waals surface area contributed by atoms with E-state index in [1.54, 1.807) is 19.1 Å². The van der Waals surface area contributed by atoms with Gasteiger partial charge in [-0.15, -0.1) is 0 Å². The predicted molar refractivity (Wildman–Crippen MR) is 138 cm³/mol. The Balaban J connectivity index is 1.86. The zero-order valence-corrected chi connectivity index (χ0v) is 20.4. The van der Waals surface area contributed by atoms with Gasteiger partial charge in [-0.25, -0.2) is 8.42 Å².